The Balaban J connectivity index is 1.88. The number of esters is 1. The molecule has 34 heavy (non-hydrogen) atoms. The lowest BCUT2D eigenvalue weighted by Gasteiger charge is -2.17. The Morgan fingerprint density at radius 1 is 0.676 bits per heavy atom. The van der Waals surface area contributed by atoms with Crippen LogP contribution in [-0.2, 0) is 25.6 Å². The number of hydrogen-bond donors (Lipinski definition) is 0. The summed E-state index contributed by atoms with van der Waals surface area (Å²) < 4.78 is 16.8. The highest BCUT2D eigenvalue weighted by Gasteiger charge is 2.13. The quantitative estimate of drug-likeness (QED) is 0.111. The summed E-state index contributed by atoms with van der Waals surface area (Å²) in [5.41, 5.74) is 1.11. The van der Waals surface area contributed by atoms with Crippen LogP contribution >= 0.6 is 0 Å². The van der Waals surface area contributed by atoms with Crippen molar-refractivity contribution in [3.05, 3.63) is 35.9 Å². The third kappa shape index (κ3) is 20.0. The van der Waals surface area contributed by atoms with Gasteiger partial charge in [-0.25, -0.2) is 0 Å². The van der Waals surface area contributed by atoms with Crippen LogP contribution in [-0.4, -0.2) is 31.9 Å². The van der Waals surface area contributed by atoms with Crippen molar-refractivity contribution in [1.82, 2.24) is 0 Å². The van der Waals surface area contributed by atoms with Gasteiger partial charge in [0.1, 0.15) is 6.10 Å². The summed E-state index contributed by atoms with van der Waals surface area (Å²) in [4.78, 5) is 11.3. The summed E-state index contributed by atoms with van der Waals surface area (Å²) in [5.74, 6) is -0.292. The zero-order valence-corrected chi connectivity index (χ0v) is 22.2. The lowest BCUT2D eigenvalue weighted by molar-refractivity contribution is -0.153. The second kappa shape index (κ2) is 23.4. The predicted molar refractivity (Wildman–Crippen MR) is 142 cm³/mol. The van der Waals surface area contributed by atoms with Crippen LogP contribution in [0.3, 0.4) is 0 Å². The highest BCUT2D eigenvalue weighted by Crippen LogP contribution is 2.14. The van der Waals surface area contributed by atoms with E-state index in [1.165, 1.54) is 103 Å². The molecule has 1 aromatic rings. The van der Waals surface area contributed by atoms with E-state index >= 15 is 0 Å². The highest BCUT2D eigenvalue weighted by molar-refractivity contribution is 5.66. The number of benzene rings is 1. The van der Waals surface area contributed by atoms with E-state index in [0.29, 0.717) is 19.8 Å². The van der Waals surface area contributed by atoms with E-state index in [0.717, 1.165) is 18.6 Å². The Bertz CT molecular complexity index is 560. The molecule has 0 fully saturated rings. The molecule has 4 heteroatoms. The molecule has 4 nitrogen and oxygen atoms in total. The third-order valence-corrected chi connectivity index (χ3v) is 6.19. The van der Waals surface area contributed by atoms with Crippen LogP contribution < -0.4 is 0 Å². The van der Waals surface area contributed by atoms with E-state index in [9.17, 15) is 4.79 Å². The van der Waals surface area contributed by atoms with Gasteiger partial charge in [0, 0.05) is 13.5 Å². The van der Waals surface area contributed by atoms with Crippen LogP contribution in [0, 0.1) is 0 Å². The largest absolute Gasteiger partial charge is 0.458 e. The Hall–Kier alpha value is -1.39. The van der Waals surface area contributed by atoms with E-state index in [1.807, 2.05) is 30.3 Å². The predicted octanol–water partition coefficient (Wildman–Crippen LogP) is 8.41. The molecule has 0 saturated heterocycles. The maximum atomic E-state index is 11.3. The number of carbonyl (C=O) groups is 1. The van der Waals surface area contributed by atoms with Crippen LogP contribution in [0.1, 0.15) is 122 Å². The monoisotopic (exact) mass is 476 g/mol. The zero-order valence-electron chi connectivity index (χ0n) is 22.2. The molecule has 0 saturated carbocycles. The molecule has 1 aromatic carbocycles. The fourth-order valence-electron chi connectivity index (χ4n) is 4.20. The summed E-state index contributed by atoms with van der Waals surface area (Å²) in [7, 11) is 0. The van der Waals surface area contributed by atoms with Crippen molar-refractivity contribution in [3.8, 4) is 0 Å². The van der Waals surface area contributed by atoms with Crippen molar-refractivity contribution in [2.75, 3.05) is 19.8 Å². The molecule has 196 valence electrons. The molecule has 0 bridgehead atoms. The van der Waals surface area contributed by atoms with Crippen molar-refractivity contribution in [2.24, 2.45) is 0 Å². The van der Waals surface area contributed by atoms with Gasteiger partial charge in [0.25, 0.3) is 0 Å². The van der Waals surface area contributed by atoms with Gasteiger partial charge < -0.3 is 14.2 Å². The first kappa shape index (κ1) is 30.6. The average Bonchev–Trinajstić information content (AvgIpc) is 2.83. The SMILES string of the molecule is CCCCCCCCCCCCCCCCCCOCC(COCc1ccccc1)OC(C)=O. The lowest BCUT2D eigenvalue weighted by Crippen LogP contribution is -2.27. The van der Waals surface area contributed by atoms with Gasteiger partial charge in [-0.3, -0.25) is 4.79 Å². The lowest BCUT2D eigenvalue weighted by atomic mass is 10.0. The summed E-state index contributed by atoms with van der Waals surface area (Å²) in [6.07, 6.45) is 21.5. The fraction of sp³-hybridized carbons (Fsp3) is 0.767. The molecule has 0 radical (unpaired) electrons. The number of ether oxygens (including phenoxy) is 3. The van der Waals surface area contributed by atoms with E-state index in [4.69, 9.17) is 14.2 Å². The topological polar surface area (TPSA) is 44.8 Å². The molecule has 0 aliphatic rings. The minimum absolute atomic E-state index is 0.292. The van der Waals surface area contributed by atoms with Crippen LogP contribution in [0.4, 0.5) is 0 Å². The smallest absolute Gasteiger partial charge is 0.303 e. The summed E-state index contributed by atoms with van der Waals surface area (Å²) in [5, 5.41) is 0. The molecule has 0 N–H and O–H groups in total. The molecule has 1 unspecified atom stereocenters. The standard InChI is InChI=1S/C30H52O4/c1-3-4-5-6-7-8-9-10-11-12-13-14-15-16-17-21-24-32-26-30(34-28(2)31)27-33-25-29-22-19-18-20-23-29/h18-20,22-23,30H,3-17,21,24-27H2,1-2H3. The molecule has 0 aliphatic heterocycles. The average molecular weight is 477 g/mol. The maximum Gasteiger partial charge on any atom is 0.303 e. The molecule has 0 aliphatic carbocycles. The fourth-order valence-corrected chi connectivity index (χ4v) is 4.20. The first-order chi connectivity index (χ1) is 16.7. The first-order valence-corrected chi connectivity index (χ1v) is 14.1. The molecule has 0 heterocycles. The summed E-state index contributed by atoms with van der Waals surface area (Å²) >= 11 is 0. The van der Waals surface area contributed by atoms with Crippen LogP contribution in [0.15, 0.2) is 30.3 Å². The van der Waals surface area contributed by atoms with Gasteiger partial charge in [0.05, 0.1) is 19.8 Å². The van der Waals surface area contributed by atoms with E-state index < -0.39 is 0 Å². The van der Waals surface area contributed by atoms with Crippen molar-refractivity contribution < 1.29 is 19.0 Å². The number of rotatable bonds is 24. The number of unbranched alkanes of at least 4 members (excludes halogenated alkanes) is 15. The minimum atomic E-state index is -0.345. The number of hydrogen-bond acceptors (Lipinski definition) is 4. The molecule has 1 rings (SSSR count). The highest BCUT2D eigenvalue weighted by atomic mass is 16.6. The minimum Gasteiger partial charge on any atom is -0.458 e. The maximum absolute atomic E-state index is 11.3. The Morgan fingerprint density at radius 3 is 1.65 bits per heavy atom. The van der Waals surface area contributed by atoms with E-state index in [-0.39, 0.29) is 12.1 Å². The van der Waals surface area contributed by atoms with Gasteiger partial charge in [-0.05, 0) is 12.0 Å². The van der Waals surface area contributed by atoms with Crippen LogP contribution in [0.5, 0.6) is 0 Å². The zero-order chi connectivity index (χ0) is 24.5. The summed E-state index contributed by atoms with van der Waals surface area (Å²) in [6.45, 7) is 5.69. The van der Waals surface area contributed by atoms with Gasteiger partial charge >= 0.3 is 5.97 Å². The summed E-state index contributed by atoms with van der Waals surface area (Å²) in [6, 6.07) is 10.0. The second-order valence-electron chi connectivity index (χ2n) is 9.61. The molecule has 1 atom stereocenters. The molecular weight excluding hydrogens is 424 g/mol. The van der Waals surface area contributed by atoms with Gasteiger partial charge in [0.15, 0.2) is 0 Å². The van der Waals surface area contributed by atoms with Crippen molar-refractivity contribution >= 4 is 5.97 Å². The number of carbonyl (C=O) groups excluding carboxylic acids is 1. The van der Waals surface area contributed by atoms with Crippen LogP contribution in [0.25, 0.3) is 0 Å². The second-order valence-corrected chi connectivity index (χ2v) is 9.61. The van der Waals surface area contributed by atoms with E-state index in [1.54, 1.807) is 0 Å². The van der Waals surface area contributed by atoms with Gasteiger partial charge in [-0.15, -0.1) is 0 Å². The van der Waals surface area contributed by atoms with Crippen molar-refractivity contribution in [3.63, 3.8) is 0 Å². The molecule has 0 spiro atoms. The van der Waals surface area contributed by atoms with Gasteiger partial charge in [-0.2, -0.15) is 0 Å². The molecule has 0 aromatic heterocycles. The first-order valence-electron chi connectivity index (χ1n) is 14.1. The van der Waals surface area contributed by atoms with Crippen LogP contribution in [0.2, 0.25) is 0 Å². The van der Waals surface area contributed by atoms with Crippen molar-refractivity contribution in [1.29, 1.82) is 0 Å². The molecular formula is C30H52O4. The molecule has 0 amide bonds. The normalized spacial score (nSPS) is 12.1. The third-order valence-electron chi connectivity index (χ3n) is 6.19. The van der Waals surface area contributed by atoms with Crippen molar-refractivity contribution in [2.45, 2.75) is 129 Å². The van der Waals surface area contributed by atoms with Gasteiger partial charge in [0.2, 0.25) is 0 Å². The van der Waals surface area contributed by atoms with E-state index in [2.05, 4.69) is 6.92 Å². The Morgan fingerprint density at radius 2 is 1.15 bits per heavy atom. The Kier molecular flexibility index (Phi) is 21.0. The Labute approximate surface area is 210 Å². The van der Waals surface area contributed by atoms with Gasteiger partial charge in [-0.1, -0.05) is 134 Å².